The van der Waals surface area contributed by atoms with Crippen LogP contribution >= 0.6 is 23.4 Å². The van der Waals surface area contributed by atoms with Crippen LogP contribution in [0.25, 0.3) is 0 Å². The first-order chi connectivity index (χ1) is 9.75. The Balaban J connectivity index is 1.70. The average molecular weight is 303 g/mol. The van der Waals surface area contributed by atoms with Gasteiger partial charge in [-0.15, -0.1) is 23.4 Å². The van der Waals surface area contributed by atoms with E-state index in [0.717, 1.165) is 6.42 Å². The summed E-state index contributed by atoms with van der Waals surface area (Å²) in [5.41, 5.74) is 2.75. The maximum Gasteiger partial charge on any atom is 0.0611 e. The highest BCUT2D eigenvalue weighted by atomic mass is 35.5. The van der Waals surface area contributed by atoms with Crippen molar-refractivity contribution in [2.75, 3.05) is 5.75 Å². The molecule has 0 bridgehead atoms. The molecule has 1 heterocycles. The van der Waals surface area contributed by atoms with E-state index < -0.39 is 0 Å². The largest absolute Gasteiger partial charge is 0.125 e. The van der Waals surface area contributed by atoms with Crippen molar-refractivity contribution in [3.63, 3.8) is 0 Å². The smallest absolute Gasteiger partial charge is 0.0611 e. The van der Waals surface area contributed by atoms with Gasteiger partial charge in [0.25, 0.3) is 0 Å². The number of hydrogen-bond donors (Lipinski definition) is 0. The first-order valence-corrected chi connectivity index (χ1v) is 8.58. The van der Waals surface area contributed by atoms with Crippen molar-refractivity contribution in [3.05, 3.63) is 65.7 Å². The van der Waals surface area contributed by atoms with Crippen LogP contribution in [0.4, 0.5) is 0 Å². The summed E-state index contributed by atoms with van der Waals surface area (Å²) in [7, 11) is 0. The van der Waals surface area contributed by atoms with Crippen molar-refractivity contribution in [2.24, 2.45) is 5.92 Å². The van der Waals surface area contributed by atoms with Gasteiger partial charge in [0.15, 0.2) is 0 Å². The van der Waals surface area contributed by atoms with Gasteiger partial charge in [-0.3, -0.25) is 0 Å². The SMILES string of the molecule is CC(CC1CSc2ccccc21)C(Cl)c1ccccc1. The molecule has 3 atom stereocenters. The second-order valence-electron chi connectivity index (χ2n) is 5.57. The van der Waals surface area contributed by atoms with Crippen LogP contribution in [0.5, 0.6) is 0 Å². The zero-order chi connectivity index (χ0) is 13.9. The summed E-state index contributed by atoms with van der Waals surface area (Å²) in [6, 6.07) is 19.2. The molecule has 3 unspecified atom stereocenters. The lowest BCUT2D eigenvalue weighted by Crippen LogP contribution is -2.09. The predicted octanol–water partition coefficient (Wildman–Crippen LogP) is 5.88. The Morgan fingerprint density at radius 1 is 1.10 bits per heavy atom. The molecule has 104 valence electrons. The number of halogens is 1. The molecular weight excluding hydrogens is 284 g/mol. The molecule has 0 saturated carbocycles. The number of hydrogen-bond acceptors (Lipinski definition) is 1. The molecule has 0 fully saturated rings. The lowest BCUT2D eigenvalue weighted by Gasteiger charge is -2.22. The molecule has 2 aromatic rings. The van der Waals surface area contributed by atoms with Crippen LogP contribution in [0.1, 0.15) is 35.8 Å². The monoisotopic (exact) mass is 302 g/mol. The van der Waals surface area contributed by atoms with Crippen LogP contribution < -0.4 is 0 Å². The molecule has 0 saturated heterocycles. The van der Waals surface area contributed by atoms with E-state index >= 15 is 0 Å². The van der Waals surface area contributed by atoms with E-state index in [2.05, 4.69) is 55.5 Å². The zero-order valence-electron chi connectivity index (χ0n) is 11.6. The Morgan fingerprint density at radius 3 is 2.60 bits per heavy atom. The molecule has 0 aromatic heterocycles. The van der Waals surface area contributed by atoms with Crippen LogP contribution in [0.15, 0.2) is 59.5 Å². The molecule has 0 spiro atoms. The first kappa shape index (κ1) is 14.0. The maximum absolute atomic E-state index is 6.66. The molecule has 0 aliphatic carbocycles. The fourth-order valence-corrected chi connectivity index (χ4v) is 4.48. The molecule has 0 amide bonds. The van der Waals surface area contributed by atoms with Crippen LogP contribution in [-0.4, -0.2) is 5.75 Å². The first-order valence-electron chi connectivity index (χ1n) is 7.16. The second kappa shape index (κ2) is 6.24. The summed E-state index contributed by atoms with van der Waals surface area (Å²) in [4.78, 5) is 1.45. The number of benzene rings is 2. The number of rotatable bonds is 4. The third kappa shape index (κ3) is 2.89. The van der Waals surface area contributed by atoms with Gasteiger partial charge in [-0.2, -0.15) is 0 Å². The van der Waals surface area contributed by atoms with Gasteiger partial charge in [0.05, 0.1) is 5.38 Å². The Hall–Kier alpha value is -0.920. The minimum absolute atomic E-state index is 0.106. The molecule has 3 rings (SSSR count). The third-order valence-corrected chi connectivity index (χ3v) is 6.01. The van der Waals surface area contributed by atoms with Crippen LogP contribution in [0.3, 0.4) is 0 Å². The van der Waals surface area contributed by atoms with Gasteiger partial charge in [-0.25, -0.2) is 0 Å². The topological polar surface area (TPSA) is 0 Å². The Labute approximate surface area is 130 Å². The molecule has 1 aliphatic heterocycles. The van der Waals surface area contributed by atoms with Gasteiger partial charge < -0.3 is 0 Å². The summed E-state index contributed by atoms with van der Waals surface area (Å²) in [6.45, 7) is 2.27. The van der Waals surface area contributed by atoms with Crippen LogP contribution in [0, 0.1) is 5.92 Å². The van der Waals surface area contributed by atoms with Crippen molar-refractivity contribution < 1.29 is 0 Å². The zero-order valence-corrected chi connectivity index (χ0v) is 13.2. The molecule has 1 aliphatic rings. The van der Waals surface area contributed by atoms with Gasteiger partial charge in [0, 0.05) is 10.6 Å². The van der Waals surface area contributed by atoms with E-state index in [4.69, 9.17) is 11.6 Å². The van der Waals surface area contributed by atoms with Crippen molar-refractivity contribution in [1.82, 2.24) is 0 Å². The molecule has 2 aromatic carbocycles. The Bertz CT molecular complexity index is 567. The molecular formula is C18H19ClS. The van der Waals surface area contributed by atoms with Gasteiger partial charge in [0.1, 0.15) is 0 Å². The second-order valence-corrected chi connectivity index (χ2v) is 7.10. The highest BCUT2D eigenvalue weighted by molar-refractivity contribution is 7.99. The fraction of sp³-hybridized carbons (Fsp3) is 0.333. The molecule has 0 radical (unpaired) electrons. The lowest BCUT2D eigenvalue weighted by molar-refractivity contribution is 0.474. The summed E-state index contributed by atoms with van der Waals surface area (Å²) in [5.74, 6) is 2.33. The number of alkyl halides is 1. The summed E-state index contributed by atoms with van der Waals surface area (Å²) in [5, 5.41) is 0.106. The van der Waals surface area contributed by atoms with Crippen LogP contribution in [0.2, 0.25) is 0 Å². The van der Waals surface area contributed by atoms with Crippen molar-refractivity contribution in [2.45, 2.75) is 29.5 Å². The van der Waals surface area contributed by atoms with E-state index in [1.807, 2.05) is 17.8 Å². The molecule has 0 N–H and O–H groups in total. The minimum atomic E-state index is 0.106. The standard InChI is InChI=1S/C18H19ClS/c1-13(18(19)14-7-3-2-4-8-14)11-15-12-20-17-10-6-5-9-16(15)17/h2-10,13,15,18H,11-12H2,1H3. The van der Waals surface area contributed by atoms with E-state index in [1.54, 1.807) is 0 Å². The van der Waals surface area contributed by atoms with Crippen molar-refractivity contribution in [1.29, 1.82) is 0 Å². The molecule has 2 heteroatoms. The average Bonchev–Trinajstić information content (AvgIpc) is 2.91. The summed E-state index contributed by atoms with van der Waals surface area (Å²) < 4.78 is 0. The Kier molecular flexibility index (Phi) is 4.38. The predicted molar refractivity (Wildman–Crippen MR) is 88.7 cm³/mol. The highest BCUT2D eigenvalue weighted by Crippen LogP contribution is 2.44. The number of thioether (sulfide) groups is 1. The third-order valence-electron chi connectivity index (χ3n) is 4.07. The fourth-order valence-electron chi connectivity index (χ4n) is 2.96. The van der Waals surface area contributed by atoms with Crippen LogP contribution in [-0.2, 0) is 0 Å². The normalized spacial score (nSPS) is 20.4. The lowest BCUT2D eigenvalue weighted by atomic mass is 9.87. The minimum Gasteiger partial charge on any atom is -0.125 e. The van der Waals surface area contributed by atoms with Gasteiger partial charge >= 0.3 is 0 Å². The maximum atomic E-state index is 6.66. The summed E-state index contributed by atoms with van der Waals surface area (Å²) >= 11 is 8.64. The summed E-state index contributed by atoms with van der Waals surface area (Å²) in [6.07, 6.45) is 1.16. The Morgan fingerprint density at radius 2 is 1.80 bits per heavy atom. The molecule has 20 heavy (non-hydrogen) atoms. The van der Waals surface area contributed by atoms with Crippen molar-refractivity contribution in [3.8, 4) is 0 Å². The van der Waals surface area contributed by atoms with E-state index in [1.165, 1.54) is 21.8 Å². The van der Waals surface area contributed by atoms with E-state index in [9.17, 15) is 0 Å². The molecule has 0 nitrogen and oxygen atoms in total. The number of fused-ring (bicyclic) bond motifs is 1. The van der Waals surface area contributed by atoms with E-state index in [0.29, 0.717) is 11.8 Å². The van der Waals surface area contributed by atoms with E-state index in [-0.39, 0.29) is 5.38 Å². The van der Waals surface area contributed by atoms with Crippen molar-refractivity contribution >= 4 is 23.4 Å². The quantitative estimate of drug-likeness (QED) is 0.635. The van der Waals surface area contributed by atoms with Gasteiger partial charge in [0.2, 0.25) is 0 Å². The highest BCUT2D eigenvalue weighted by Gasteiger charge is 2.27. The van der Waals surface area contributed by atoms with Gasteiger partial charge in [-0.05, 0) is 35.4 Å². The van der Waals surface area contributed by atoms with Gasteiger partial charge in [-0.1, -0.05) is 55.5 Å².